The van der Waals surface area contributed by atoms with Crippen molar-refractivity contribution < 1.29 is 19.1 Å². The summed E-state index contributed by atoms with van der Waals surface area (Å²) in [4.78, 5) is 24.0. The molecule has 2 atom stereocenters. The summed E-state index contributed by atoms with van der Waals surface area (Å²) in [6.07, 6.45) is 4.70. The second-order valence-corrected chi connectivity index (χ2v) is 7.65. The third-order valence-electron chi connectivity index (χ3n) is 5.12. The smallest absolute Gasteiger partial charge is 0.244 e. The molecule has 0 saturated carbocycles. The zero-order valence-corrected chi connectivity index (χ0v) is 18.5. The van der Waals surface area contributed by atoms with Gasteiger partial charge in [-0.2, -0.15) is 0 Å². The van der Waals surface area contributed by atoms with Gasteiger partial charge in [-0.25, -0.2) is 0 Å². The Morgan fingerprint density at radius 3 is 2.65 bits per heavy atom. The fraction of sp³-hybridized carbons (Fsp3) is 0.360. The predicted molar refractivity (Wildman–Crippen MR) is 122 cm³/mol. The highest BCUT2D eigenvalue weighted by Gasteiger charge is 2.21. The van der Waals surface area contributed by atoms with E-state index < -0.39 is 0 Å². The Bertz CT molecular complexity index is 966. The molecule has 2 aromatic rings. The summed E-state index contributed by atoms with van der Waals surface area (Å²) in [5, 5.41) is 5.78. The van der Waals surface area contributed by atoms with Gasteiger partial charge < -0.3 is 20.1 Å². The molecule has 2 aromatic carbocycles. The van der Waals surface area contributed by atoms with Crippen LogP contribution in [0.1, 0.15) is 56.8 Å². The van der Waals surface area contributed by atoms with Gasteiger partial charge in [0.25, 0.3) is 0 Å². The van der Waals surface area contributed by atoms with E-state index in [2.05, 4.69) is 10.6 Å². The number of fused-ring (bicyclic) bond motifs is 1. The van der Waals surface area contributed by atoms with Gasteiger partial charge in [0.15, 0.2) is 0 Å². The summed E-state index contributed by atoms with van der Waals surface area (Å²) in [6.45, 7) is 8.25. The monoisotopic (exact) mass is 422 g/mol. The highest BCUT2D eigenvalue weighted by Crippen LogP contribution is 2.35. The van der Waals surface area contributed by atoms with Crippen LogP contribution in [-0.2, 0) is 16.0 Å². The number of nitrogens with one attached hydrogen (secondary N) is 2. The minimum atomic E-state index is -0.201. The third-order valence-corrected chi connectivity index (χ3v) is 5.12. The third kappa shape index (κ3) is 5.87. The van der Waals surface area contributed by atoms with Gasteiger partial charge in [0, 0.05) is 35.7 Å². The van der Waals surface area contributed by atoms with Gasteiger partial charge in [0.2, 0.25) is 11.8 Å². The highest BCUT2D eigenvalue weighted by molar-refractivity contribution is 5.92. The summed E-state index contributed by atoms with van der Waals surface area (Å²) in [6, 6.07) is 11.2. The Kier molecular flexibility index (Phi) is 7.34. The Morgan fingerprint density at radius 2 is 1.97 bits per heavy atom. The Hall–Kier alpha value is -3.28. The SMILES string of the molecule is CCOc1cc2c(cc1/C=C/C(=O)NC(C)c1ccc(NC(=O)CC)cc1)OC(C)C2. The number of anilines is 1. The molecule has 2 amide bonds. The number of benzene rings is 2. The second kappa shape index (κ2) is 10.2. The van der Waals surface area contributed by atoms with Gasteiger partial charge in [0.05, 0.1) is 12.6 Å². The van der Waals surface area contributed by atoms with Gasteiger partial charge in [-0.1, -0.05) is 19.1 Å². The first-order valence-corrected chi connectivity index (χ1v) is 10.7. The van der Waals surface area contributed by atoms with Gasteiger partial charge in [-0.05, 0) is 56.7 Å². The van der Waals surface area contributed by atoms with Gasteiger partial charge in [-0.3, -0.25) is 9.59 Å². The van der Waals surface area contributed by atoms with Crippen LogP contribution < -0.4 is 20.1 Å². The van der Waals surface area contributed by atoms with Crippen LogP contribution in [0.2, 0.25) is 0 Å². The van der Waals surface area contributed by atoms with Gasteiger partial charge in [0.1, 0.15) is 17.6 Å². The fourth-order valence-corrected chi connectivity index (χ4v) is 3.48. The summed E-state index contributed by atoms with van der Waals surface area (Å²) >= 11 is 0. The first-order chi connectivity index (χ1) is 14.9. The van der Waals surface area contributed by atoms with E-state index in [9.17, 15) is 9.59 Å². The minimum absolute atomic E-state index is 0.0305. The maximum absolute atomic E-state index is 12.5. The first-order valence-electron chi connectivity index (χ1n) is 10.7. The molecule has 3 rings (SSSR count). The van der Waals surface area contributed by atoms with Crippen molar-refractivity contribution in [3.8, 4) is 11.5 Å². The van der Waals surface area contributed by atoms with Crippen molar-refractivity contribution in [2.45, 2.75) is 52.7 Å². The van der Waals surface area contributed by atoms with Crippen molar-refractivity contribution in [1.29, 1.82) is 0 Å². The molecule has 1 aliphatic heterocycles. The number of ether oxygens (including phenoxy) is 2. The van der Waals surface area contributed by atoms with E-state index in [0.717, 1.165) is 40.3 Å². The Morgan fingerprint density at radius 1 is 1.23 bits per heavy atom. The largest absolute Gasteiger partial charge is 0.493 e. The molecule has 2 N–H and O–H groups in total. The number of hydrogen-bond donors (Lipinski definition) is 2. The normalized spacial score (nSPS) is 15.8. The van der Waals surface area contributed by atoms with Crippen LogP contribution in [0.5, 0.6) is 11.5 Å². The Balaban J connectivity index is 1.65. The van der Waals surface area contributed by atoms with Gasteiger partial charge >= 0.3 is 0 Å². The van der Waals surface area contributed by atoms with E-state index in [1.54, 1.807) is 6.08 Å². The molecule has 0 saturated heterocycles. The van der Waals surface area contributed by atoms with E-state index in [1.807, 2.05) is 64.1 Å². The average Bonchev–Trinajstić information content (AvgIpc) is 3.11. The van der Waals surface area contributed by atoms with Crippen LogP contribution in [-0.4, -0.2) is 24.5 Å². The lowest BCUT2D eigenvalue weighted by Gasteiger charge is -2.14. The zero-order valence-electron chi connectivity index (χ0n) is 18.5. The summed E-state index contributed by atoms with van der Waals surface area (Å²) in [5.41, 5.74) is 3.63. The van der Waals surface area contributed by atoms with Crippen molar-refractivity contribution in [2.24, 2.45) is 0 Å². The number of hydrogen-bond acceptors (Lipinski definition) is 4. The molecule has 31 heavy (non-hydrogen) atoms. The average molecular weight is 423 g/mol. The molecule has 164 valence electrons. The molecule has 1 aliphatic rings. The molecule has 6 heteroatoms. The fourth-order valence-electron chi connectivity index (χ4n) is 3.48. The van der Waals surface area contributed by atoms with Crippen molar-refractivity contribution in [3.63, 3.8) is 0 Å². The standard InChI is InChI=1S/C25H30N2O4/c1-5-24(28)27-21-10-7-18(8-11-21)17(4)26-25(29)12-9-19-14-23-20(13-16(3)31-23)15-22(19)30-6-2/h7-12,14-17H,5-6,13H2,1-4H3,(H,26,29)(H,27,28)/b12-9+. The van der Waals surface area contributed by atoms with Crippen LogP contribution in [0.4, 0.5) is 5.69 Å². The molecule has 0 aliphatic carbocycles. The van der Waals surface area contributed by atoms with E-state index in [4.69, 9.17) is 9.47 Å². The molecule has 0 spiro atoms. The first kappa shape index (κ1) is 22.4. The Labute approximate surface area is 183 Å². The molecule has 1 heterocycles. The molecule has 0 radical (unpaired) electrons. The molecular weight excluding hydrogens is 392 g/mol. The number of amides is 2. The lowest BCUT2D eigenvalue weighted by molar-refractivity contribution is -0.117. The minimum Gasteiger partial charge on any atom is -0.493 e. The van der Waals surface area contributed by atoms with Crippen molar-refractivity contribution in [1.82, 2.24) is 5.32 Å². The van der Waals surface area contributed by atoms with Crippen LogP contribution in [0, 0.1) is 0 Å². The molecule has 6 nitrogen and oxygen atoms in total. The lowest BCUT2D eigenvalue weighted by atomic mass is 10.1. The second-order valence-electron chi connectivity index (χ2n) is 7.65. The van der Waals surface area contributed by atoms with Crippen LogP contribution in [0.15, 0.2) is 42.5 Å². The van der Waals surface area contributed by atoms with Crippen molar-refractivity contribution in [3.05, 3.63) is 59.2 Å². The maximum Gasteiger partial charge on any atom is 0.244 e. The molecule has 0 bridgehead atoms. The number of carbonyl (C=O) groups excluding carboxylic acids is 2. The van der Waals surface area contributed by atoms with E-state index >= 15 is 0 Å². The van der Waals surface area contributed by atoms with E-state index in [0.29, 0.717) is 13.0 Å². The van der Waals surface area contributed by atoms with Crippen LogP contribution in [0.3, 0.4) is 0 Å². The molecule has 2 unspecified atom stereocenters. The van der Waals surface area contributed by atoms with Crippen molar-refractivity contribution >= 4 is 23.6 Å². The zero-order chi connectivity index (χ0) is 22.4. The van der Waals surface area contributed by atoms with Crippen LogP contribution >= 0.6 is 0 Å². The number of carbonyl (C=O) groups is 2. The molecular formula is C25H30N2O4. The predicted octanol–water partition coefficient (Wildman–Crippen LogP) is 4.65. The van der Waals surface area contributed by atoms with Crippen LogP contribution in [0.25, 0.3) is 6.08 Å². The summed E-state index contributed by atoms with van der Waals surface area (Å²) < 4.78 is 11.6. The summed E-state index contributed by atoms with van der Waals surface area (Å²) in [7, 11) is 0. The number of rotatable bonds is 8. The van der Waals surface area contributed by atoms with E-state index in [-0.39, 0.29) is 24.0 Å². The lowest BCUT2D eigenvalue weighted by Crippen LogP contribution is -2.24. The topological polar surface area (TPSA) is 76.7 Å². The maximum atomic E-state index is 12.5. The molecule has 0 fully saturated rings. The van der Waals surface area contributed by atoms with Crippen molar-refractivity contribution in [2.75, 3.05) is 11.9 Å². The highest BCUT2D eigenvalue weighted by atomic mass is 16.5. The van der Waals surface area contributed by atoms with Gasteiger partial charge in [-0.15, -0.1) is 0 Å². The summed E-state index contributed by atoms with van der Waals surface area (Å²) in [5.74, 6) is 1.37. The van der Waals surface area contributed by atoms with E-state index in [1.165, 1.54) is 6.08 Å². The molecule has 0 aromatic heterocycles. The quantitative estimate of drug-likeness (QED) is 0.607.